The van der Waals surface area contributed by atoms with Crippen LogP contribution in [-0.2, 0) is 17.4 Å². The van der Waals surface area contributed by atoms with Crippen LogP contribution in [0.15, 0.2) is 18.2 Å². The standard InChI is InChI=1S/C14H18F3N3O/c1-9-6-7-10(2)20(9)12-8-11(19(4)18-12)13(3,21-5)14(15,16)17/h6-8H,1-5H3. The largest absolute Gasteiger partial charge is 0.422 e. The zero-order chi connectivity index (χ0) is 16.0. The fourth-order valence-corrected chi connectivity index (χ4v) is 2.40. The average Bonchev–Trinajstić information content (AvgIpc) is 2.90. The van der Waals surface area contributed by atoms with Crippen LogP contribution < -0.4 is 0 Å². The van der Waals surface area contributed by atoms with Gasteiger partial charge in [-0.25, -0.2) is 0 Å². The molecule has 2 heterocycles. The molecule has 2 aromatic rings. The molecule has 21 heavy (non-hydrogen) atoms. The Morgan fingerprint density at radius 3 is 2.10 bits per heavy atom. The Morgan fingerprint density at radius 1 is 1.14 bits per heavy atom. The summed E-state index contributed by atoms with van der Waals surface area (Å²) in [7, 11) is 2.53. The molecule has 0 aliphatic carbocycles. The Bertz CT molecular complexity index is 637. The van der Waals surface area contributed by atoms with E-state index in [1.165, 1.54) is 17.8 Å². The van der Waals surface area contributed by atoms with Crippen molar-refractivity contribution in [1.82, 2.24) is 14.3 Å². The zero-order valence-electron chi connectivity index (χ0n) is 12.6. The minimum atomic E-state index is -4.53. The molecule has 4 nitrogen and oxygen atoms in total. The van der Waals surface area contributed by atoms with Crippen LogP contribution in [0, 0.1) is 13.8 Å². The number of hydrogen-bond donors (Lipinski definition) is 0. The number of aryl methyl sites for hydroxylation is 3. The molecule has 0 bridgehead atoms. The molecule has 2 aromatic heterocycles. The van der Waals surface area contributed by atoms with Gasteiger partial charge in [0.25, 0.3) is 0 Å². The van der Waals surface area contributed by atoms with E-state index in [1.807, 2.05) is 26.0 Å². The molecule has 0 aromatic carbocycles. The number of halogens is 3. The van der Waals surface area contributed by atoms with E-state index in [0.717, 1.165) is 25.4 Å². The third kappa shape index (κ3) is 2.35. The highest BCUT2D eigenvalue weighted by Crippen LogP contribution is 2.41. The maximum atomic E-state index is 13.3. The number of aromatic nitrogens is 3. The van der Waals surface area contributed by atoms with Crippen molar-refractivity contribution >= 4 is 0 Å². The van der Waals surface area contributed by atoms with Gasteiger partial charge in [-0.05, 0) is 32.9 Å². The second-order valence-electron chi connectivity index (χ2n) is 5.20. The molecular weight excluding hydrogens is 283 g/mol. The van der Waals surface area contributed by atoms with E-state index in [2.05, 4.69) is 5.10 Å². The molecular formula is C14H18F3N3O. The van der Waals surface area contributed by atoms with Gasteiger partial charge in [0.1, 0.15) is 0 Å². The minimum Gasteiger partial charge on any atom is -0.363 e. The SMILES string of the molecule is COC(C)(c1cc(-n2c(C)ccc2C)nn1C)C(F)(F)F. The highest BCUT2D eigenvalue weighted by molar-refractivity contribution is 5.35. The number of rotatable bonds is 3. The van der Waals surface area contributed by atoms with Crippen molar-refractivity contribution in [3.05, 3.63) is 35.3 Å². The van der Waals surface area contributed by atoms with Gasteiger partial charge in [0, 0.05) is 31.6 Å². The lowest BCUT2D eigenvalue weighted by atomic mass is 10.0. The van der Waals surface area contributed by atoms with Crippen LogP contribution in [0.25, 0.3) is 5.82 Å². The molecule has 1 unspecified atom stereocenters. The lowest BCUT2D eigenvalue weighted by Crippen LogP contribution is -2.42. The predicted molar refractivity (Wildman–Crippen MR) is 72.4 cm³/mol. The van der Waals surface area contributed by atoms with E-state index in [-0.39, 0.29) is 5.69 Å². The molecule has 0 saturated heterocycles. The molecule has 0 radical (unpaired) electrons. The number of methoxy groups -OCH3 is 1. The Labute approximate surface area is 121 Å². The first-order valence-corrected chi connectivity index (χ1v) is 6.43. The van der Waals surface area contributed by atoms with E-state index in [4.69, 9.17) is 4.74 Å². The molecule has 0 fully saturated rings. The van der Waals surface area contributed by atoms with E-state index in [9.17, 15) is 13.2 Å². The highest BCUT2D eigenvalue weighted by atomic mass is 19.4. The second-order valence-corrected chi connectivity index (χ2v) is 5.20. The van der Waals surface area contributed by atoms with Gasteiger partial charge in [-0.1, -0.05) is 0 Å². The van der Waals surface area contributed by atoms with Gasteiger partial charge in [0.05, 0.1) is 5.69 Å². The van der Waals surface area contributed by atoms with E-state index in [1.54, 1.807) is 4.57 Å². The van der Waals surface area contributed by atoms with Crippen molar-refractivity contribution in [1.29, 1.82) is 0 Å². The summed E-state index contributed by atoms with van der Waals surface area (Å²) in [5, 5.41) is 4.20. The second kappa shape index (κ2) is 4.91. The minimum absolute atomic E-state index is 0.0417. The van der Waals surface area contributed by atoms with Crippen LogP contribution >= 0.6 is 0 Å². The third-order valence-electron chi connectivity index (χ3n) is 3.81. The molecule has 0 aliphatic heterocycles. The van der Waals surface area contributed by atoms with E-state index >= 15 is 0 Å². The Kier molecular flexibility index (Phi) is 3.65. The maximum Gasteiger partial charge on any atom is 0.422 e. The Balaban J connectivity index is 2.60. The first-order chi connectivity index (χ1) is 9.61. The quantitative estimate of drug-likeness (QED) is 0.871. The van der Waals surface area contributed by atoms with Gasteiger partial charge in [-0.15, -0.1) is 0 Å². The van der Waals surface area contributed by atoms with Gasteiger partial charge < -0.3 is 9.30 Å². The average molecular weight is 301 g/mol. The van der Waals surface area contributed by atoms with Crippen LogP contribution in [0.5, 0.6) is 0 Å². The smallest absolute Gasteiger partial charge is 0.363 e. The molecule has 1 atom stereocenters. The van der Waals surface area contributed by atoms with Crippen molar-refractivity contribution < 1.29 is 17.9 Å². The number of hydrogen-bond acceptors (Lipinski definition) is 2. The van der Waals surface area contributed by atoms with E-state index < -0.39 is 11.8 Å². The number of nitrogens with zero attached hydrogens (tertiary/aromatic N) is 3. The van der Waals surface area contributed by atoms with Crippen LogP contribution in [0.1, 0.15) is 24.0 Å². The predicted octanol–water partition coefficient (Wildman–Crippen LogP) is 3.25. The van der Waals surface area contributed by atoms with Crippen LogP contribution in [-0.4, -0.2) is 27.6 Å². The maximum absolute atomic E-state index is 13.3. The monoisotopic (exact) mass is 301 g/mol. The van der Waals surface area contributed by atoms with Crippen molar-refractivity contribution in [2.45, 2.75) is 32.5 Å². The summed E-state index contributed by atoms with van der Waals surface area (Å²) in [6, 6.07) is 5.20. The Morgan fingerprint density at radius 2 is 1.67 bits per heavy atom. The van der Waals surface area contributed by atoms with Crippen LogP contribution in [0.4, 0.5) is 13.2 Å². The molecule has 0 N–H and O–H groups in total. The van der Waals surface area contributed by atoms with Gasteiger partial charge in [0.15, 0.2) is 5.82 Å². The summed E-state index contributed by atoms with van der Waals surface area (Å²) in [6.45, 7) is 4.75. The van der Waals surface area contributed by atoms with Crippen LogP contribution in [0.2, 0.25) is 0 Å². The molecule has 0 saturated carbocycles. The zero-order valence-corrected chi connectivity index (χ0v) is 12.6. The molecule has 0 spiro atoms. The molecule has 116 valence electrons. The normalized spacial score (nSPS) is 15.2. The van der Waals surface area contributed by atoms with Crippen molar-refractivity contribution in [2.24, 2.45) is 7.05 Å². The highest BCUT2D eigenvalue weighted by Gasteiger charge is 2.55. The fourth-order valence-electron chi connectivity index (χ4n) is 2.40. The van der Waals surface area contributed by atoms with Crippen molar-refractivity contribution in [3.8, 4) is 5.82 Å². The summed E-state index contributed by atoms with van der Waals surface area (Å²) in [5.41, 5.74) is -0.631. The summed E-state index contributed by atoms with van der Waals surface area (Å²) in [6.07, 6.45) is -4.53. The van der Waals surface area contributed by atoms with Gasteiger partial charge >= 0.3 is 6.18 Å². The van der Waals surface area contributed by atoms with Gasteiger partial charge in [-0.3, -0.25) is 4.68 Å². The molecule has 7 heteroatoms. The first-order valence-electron chi connectivity index (χ1n) is 6.43. The lowest BCUT2D eigenvalue weighted by Gasteiger charge is -2.30. The van der Waals surface area contributed by atoms with Gasteiger partial charge in [-0.2, -0.15) is 18.3 Å². The first kappa shape index (κ1) is 15.6. The van der Waals surface area contributed by atoms with Gasteiger partial charge in [0.2, 0.25) is 5.60 Å². The van der Waals surface area contributed by atoms with Crippen molar-refractivity contribution in [3.63, 3.8) is 0 Å². The van der Waals surface area contributed by atoms with Crippen molar-refractivity contribution in [2.75, 3.05) is 7.11 Å². The Hall–Kier alpha value is -1.76. The van der Waals surface area contributed by atoms with E-state index in [0.29, 0.717) is 5.82 Å². The molecule has 0 amide bonds. The summed E-state index contributed by atoms with van der Waals surface area (Å²) in [4.78, 5) is 0. The van der Waals surface area contributed by atoms with Crippen LogP contribution in [0.3, 0.4) is 0 Å². The summed E-state index contributed by atoms with van der Waals surface area (Å²) in [5.74, 6) is 0.444. The summed E-state index contributed by atoms with van der Waals surface area (Å²) < 4.78 is 47.7. The topological polar surface area (TPSA) is 32.0 Å². The lowest BCUT2D eigenvalue weighted by molar-refractivity contribution is -0.271. The third-order valence-corrected chi connectivity index (χ3v) is 3.81. The number of alkyl halides is 3. The molecule has 2 rings (SSSR count). The fraction of sp³-hybridized carbons (Fsp3) is 0.500. The number of ether oxygens (including phenoxy) is 1. The molecule has 0 aliphatic rings. The summed E-state index contributed by atoms with van der Waals surface area (Å²) >= 11 is 0.